The van der Waals surface area contributed by atoms with E-state index in [1.54, 1.807) is 0 Å². The van der Waals surface area contributed by atoms with E-state index in [0.717, 1.165) is 18.2 Å². The Balaban J connectivity index is 3.18. The second-order valence-electron chi connectivity index (χ2n) is 2.39. The molecule has 13 heavy (non-hydrogen) atoms. The summed E-state index contributed by atoms with van der Waals surface area (Å²) >= 11 is 0. The number of hydrogen-bond donors (Lipinski definition) is 1. The van der Waals surface area contributed by atoms with Crippen molar-refractivity contribution in [3.63, 3.8) is 0 Å². The minimum absolute atomic E-state index is 0.766. The van der Waals surface area contributed by atoms with Crippen LogP contribution in [-0.4, -0.2) is 5.11 Å². The van der Waals surface area contributed by atoms with Crippen molar-refractivity contribution in [2.45, 2.75) is 12.9 Å². The van der Waals surface area contributed by atoms with Gasteiger partial charge in [-0.3, -0.25) is 0 Å². The van der Waals surface area contributed by atoms with Gasteiger partial charge < -0.3 is 5.11 Å². The Morgan fingerprint density at radius 3 is 1.62 bits per heavy atom. The predicted octanol–water partition coefficient (Wildman–Crippen LogP) is 3.27. The lowest BCUT2D eigenvalue weighted by Gasteiger charge is -2.07. The molecule has 5 heteroatoms. The van der Waals surface area contributed by atoms with E-state index >= 15 is 0 Å². The molecule has 0 amide bonds. The number of rotatable bonds is 2. The van der Waals surface area contributed by atoms with Crippen LogP contribution in [0, 0.1) is 0 Å². The van der Waals surface area contributed by atoms with Gasteiger partial charge in [0.05, 0.1) is 11.1 Å². The van der Waals surface area contributed by atoms with E-state index in [9.17, 15) is 17.6 Å². The van der Waals surface area contributed by atoms with Gasteiger partial charge in [-0.1, -0.05) is 6.07 Å². The maximum atomic E-state index is 12.1. The van der Waals surface area contributed by atoms with Crippen molar-refractivity contribution in [1.82, 2.24) is 0 Å². The van der Waals surface area contributed by atoms with Crippen LogP contribution in [0.4, 0.5) is 17.6 Å². The molecule has 1 N–H and O–H groups in total. The van der Waals surface area contributed by atoms with Crippen LogP contribution in [0.2, 0.25) is 0 Å². The Hall–Kier alpha value is -1.26. The summed E-state index contributed by atoms with van der Waals surface area (Å²) in [5, 5.41) is 8.97. The third kappa shape index (κ3) is 1.91. The van der Waals surface area contributed by atoms with Gasteiger partial charge >= 0.3 is 0 Å². The van der Waals surface area contributed by atoms with Crippen molar-refractivity contribution in [2.75, 3.05) is 0 Å². The summed E-state index contributed by atoms with van der Waals surface area (Å²) in [5.74, 6) is -1.02. The lowest BCUT2D eigenvalue weighted by Crippen LogP contribution is -1.91. The van der Waals surface area contributed by atoms with Crippen LogP contribution in [0.25, 0.3) is 0 Å². The van der Waals surface area contributed by atoms with Crippen molar-refractivity contribution >= 4 is 0 Å². The van der Waals surface area contributed by atoms with Crippen molar-refractivity contribution in [3.05, 3.63) is 29.3 Å². The predicted molar refractivity (Wildman–Crippen MR) is 38.0 cm³/mol. The van der Waals surface area contributed by atoms with E-state index in [1.807, 2.05) is 0 Å². The molecule has 1 aromatic rings. The van der Waals surface area contributed by atoms with Gasteiger partial charge in [0.1, 0.15) is 5.75 Å². The Bertz CT molecular complexity index is 272. The van der Waals surface area contributed by atoms with Crippen LogP contribution in [0.5, 0.6) is 5.75 Å². The minimum Gasteiger partial charge on any atom is -0.507 e. The highest BCUT2D eigenvalue weighted by Crippen LogP contribution is 2.35. The molecule has 0 saturated heterocycles. The number of alkyl halides is 4. The lowest BCUT2D eigenvalue weighted by molar-refractivity contribution is 0.136. The molecule has 0 spiro atoms. The van der Waals surface area contributed by atoms with E-state index in [1.165, 1.54) is 0 Å². The fourth-order valence-electron chi connectivity index (χ4n) is 0.932. The molecule has 0 heterocycles. The van der Waals surface area contributed by atoms with Gasteiger partial charge in [-0.15, -0.1) is 0 Å². The first-order valence-corrected chi connectivity index (χ1v) is 3.42. The zero-order valence-corrected chi connectivity index (χ0v) is 6.35. The van der Waals surface area contributed by atoms with Crippen molar-refractivity contribution < 1.29 is 22.7 Å². The summed E-state index contributed by atoms with van der Waals surface area (Å²) in [5.41, 5.74) is -1.53. The standard InChI is InChI=1S/C8H6F4O/c9-7(10)4-2-1-3-5(6(4)13)8(11)12/h1-3,7-8,13H. The van der Waals surface area contributed by atoms with E-state index in [4.69, 9.17) is 5.11 Å². The SMILES string of the molecule is Oc1c(C(F)F)cccc1C(F)F. The molecule has 1 nitrogen and oxygen atoms in total. The van der Waals surface area contributed by atoms with Crippen LogP contribution in [0.1, 0.15) is 24.0 Å². The van der Waals surface area contributed by atoms with Gasteiger partial charge in [0.2, 0.25) is 0 Å². The number of benzene rings is 1. The minimum atomic E-state index is -2.95. The normalized spacial score (nSPS) is 11.2. The first-order valence-electron chi connectivity index (χ1n) is 3.42. The van der Waals surface area contributed by atoms with Crippen molar-refractivity contribution in [2.24, 2.45) is 0 Å². The summed E-state index contributed by atoms with van der Waals surface area (Å²) < 4.78 is 48.3. The molecule has 0 aliphatic carbocycles. The van der Waals surface area contributed by atoms with Gasteiger partial charge in [-0.25, -0.2) is 17.6 Å². The summed E-state index contributed by atoms with van der Waals surface area (Å²) in [6, 6.07) is 2.88. The zero-order chi connectivity index (χ0) is 10.0. The first-order chi connectivity index (χ1) is 6.04. The van der Waals surface area contributed by atoms with E-state index in [-0.39, 0.29) is 0 Å². The second-order valence-corrected chi connectivity index (χ2v) is 2.39. The fraction of sp³-hybridized carbons (Fsp3) is 0.250. The molecule has 1 aromatic carbocycles. The second kappa shape index (κ2) is 3.64. The number of phenolic OH excluding ortho intramolecular Hbond substituents is 1. The Labute approximate surface area is 71.6 Å². The van der Waals surface area contributed by atoms with Crippen molar-refractivity contribution in [3.8, 4) is 5.75 Å². The largest absolute Gasteiger partial charge is 0.507 e. The average molecular weight is 194 g/mol. The van der Waals surface area contributed by atoms with Gasteiger partial charge in [-0.2, -0.15) is 0 Å². The van der Waals surface area contributed by atoms with Crippen LogP contribution >= 0.6 is 0 Å². The number of hydrogen-bond acceptors (Lipinski definition) is 1. The smallest absolute Gasteiger partial charge is 0.267 e. The van der Waals surface area contributed by atoms with Gasteiger partial charge in [0.25, 0.3) is 12.9 Å². The van der Waals surface area contributed by atoms with Crippen LogP contribution in [0.15, 0.2) is 18.2 Å². The molecule has 0 fully saturated rings. The highest BCUT2D eigenvalue weighted by molar-refractivity contribution is 5.41. The van der Waals surface area contributed by atoms with Crippen molar-refractivity contribution in [1.29, 1.82) is 0 Å². The van der Waals surface area contributed by atoms with Gasteiger partial charge in [0, 0.05) is 0 Å². The van der Waals surface area contributed by atoms with Gasteiger partial charge in [0.15, 0.2) is 0 Å². The molecule has 0 saturated carbocycles. The van der Waals surface area contributed by atoms with Crippen LogP contribution in [-0.2, 0) is 0 Å². The van der Waals surface area contributed by atoms with Gasteiger partial charge in [-0.05, 0) is 12.1 Å². The van der Waals surface area contributed by atoms with E-state index in [2.05, 4.69) is 0 Å². The molecule has 72 valence electrons. The average Bonchev–Trinajstić information content (AvgIpc) is 2.03. The summed E-state index contributed by atoms with van der Waals surface area (Å²) in [6.45, 7) is 0. The lowest BCUT2D eigenvalue weighted by atomic mass is 10.1. The molecule has 0 atom stereocenters. The monoisotopic (exact) mass is 194 g/mol. The molecule has 0 radical (unpaired) electrons. The quantitative estimate of drug-likeness (QED) is 0.716. The summed E-state index contributed by atoms with van der Waals surface area (Å²) in [7, 11) is 0. The fourth-order valence-corrected chi connectivity index (χ4v) is 0.932. The first kappa shape index (κ1) is 9.83. The Morgan fingerprint density at radius 1 is 0.923 bits per heavy atom. The molecule has 1 rings (SSSR count). The summed E-state index contributed by atoms with van der Waals surface area (Å²) in [6.07, 6.45) is -5.89. The third-order valence-electron chi connectivity index (χ3n) is 1.57. The number of phenols is 1. The number of halogens is 4. The highest BCUT2D eigenvalue weighted by Gasteiger charge is 2.19. The van der Waals surface area contributed by atoms with Crippen LogP contribution < -0.4 is 0 Å². The van der Waals surface area contributed by atoms with Crippen LogP contribution in [0.3, 0.4) is 0 Å². The zero-order valence-electron chi connectivity index (χ0n) is 6.35. The molecule has 0 aliphatic rings. The molecule has 0 unspecified atom stereocenters. The van der Waals surface area contributed by atoms with E-state index < -0.39 is 29.7 Å². The number of para-hydroxylation sites is 1. The Morgan fingerprint density at radius 2 is 1.31 bits per heavy atom. The maximum absolute atomic E-state index is 12.1. The molecular weight excluding hydrogens is 188 g/mol. The highest BCUT2D eigenvalue weighted by atomic mass is 19.3. The third-order valence-corrected chi connectivity index (χ3v) is 1.57. The van der Waals surface area contributed by atoms with E-state index in [0.29, 0.717) is 0 Å². The molecule has 0 aliphatic heterocycles. The molecule has 0 bridgehead atoms. The maximum Gasteiger partial charge on any atom is 0.267 e. The Kier molecular flexibility index (Phi) is 2.75. The number of aromatic hydroxyl groups is 1. The topological polar surface area (TPSA) is 20.2 Å². The molecular formula is C8H6F4O. The molecule has 0 aromatic heterocycles. The summed E-state index contributed by atoms with van der Waals surface area (Å²) in [4.78, 5) is 0.